The molecule has 0 saturated heterocycles. The van der Waals surface area contributed by atoms with E-state index in [1.807, 2.05) is 30.3 Å². The second kappa shape index (κ2) is 6.42. The van der Waals surface area contributed by atoms with Crippen molar-refractivity contribution in [1.82, 2.24) is 0 Å². The normalized spacial score (nSPS) is 16.3. The first-order chi connectivity index (χ1) is 11.1. The molecule has 2 aromatic carbocycles. The molecule has 1 aliphatic rings. The predicted octanol–water partition coefficient (Wildman–Crippen LogP) is 3.38. The van der Waals surface area contributed by atoms with E-state index in [0.717, 1.165) is 11.1 Å². The largest absolute Gasteiger partial charge is 0.465 e. The summed E-state index contributed by atoms with van der Waals surface area (Å²) in [5.74, 6) is -1.00. The van der Waals surface area contributed by atoms with Gasteiger partial charge in [-0.1, -0.05) is 41.9 Å². The van der Waals surface area contributed by atoms with Crippen LogP contribution in [0.5, 0.6) is 0 Å². The lowest BCUT2D eigenvalue weighted by atomic mass is 9.93. The number of halogens is 1. The molecular formula is C18H16ClNO3. The van der Waals surface area contributed by atoms with Gasteiger partial charge < -0.3 is 9.64 Å². The van der Waals surface area contributed by atoms with Crippen LogP contribution < -0.4 is 4.90 Å². The molecule has 1 atom stereocenters. The summed E-state index contributed by atoms with van der Waals surface area (Å²) >= 11 is 6.11. The van der Waals surface area contributed by atoms with Crippen molar-refractivity contribution in [2.45, 2.75) is 12.8 Å². The van der Waals surface area contributed by atoms with Gasteiger partial charge in [0, 0.05) is 10.7 Å². The molecule has 1 unspecified atom stereocenters. The van der Waals surface area contributed by atoms with Gasteiger partial charge in [0.25, 0.3) is 0 Å². The molecule has 0 fully saturated rings. The summed E-state index contributed by atoms with van der Waals surface area (Å²) in [5.41, 5.74) is 2.41. The molecule has 0 bridgehead atoms. The first-order valence-electron chi connectivity index (χ1n) is 7.43. The van der Waals surface area contributed by atoms with E-state index in [2.05, 4.69) is 0 Å². The molecular weight excluding hydrogens is 314 g/mol. The number of fused-ring (bicyclic) bond motifs is 1. The van der Waals surface area contributed by atoms with Crippen LogP contribution in [-0.2, 0) is 14.3 Å². The molecule has 1 heterocycles. The van der Waals surface area contributed by atoms with Crippen LogP contribution in [0.15, 0.2) is 48.5 Å². The zero-order valence-electron chi connectivity index (χ0n) is 12.7. The fourth-order valence-electron chi connectivity index (χ4n) is 2.88. The molecule has 3 rings (SSSR count). The maximum atomic E-state index is 12.9. The Kier molecular flexibility index (Phi) is 4.35. The average molecular weight is 330 g/mol. The number of amides is 1. The number of nitrogens with zero attached hydrogens (tertiary/aromatic N) is 1. The molecule has 1 amide bonds. The fraction of sp³-hybridized carbons (Fsp3) is 0.222. The first kappa shape index (κ1) is 15.6. The number of carbonyl (C=O) groups is 2. The zero-order chi connectivity index (χ0) is 16.4. The zero-order valence-corrected chi connectivity index (χ0v) is 13.4. The van der Waals surface area contributed by atoms with E-state index in [1.54, 1.807) is 25.1 Å². The first-order valence-corrected chi connectivity index (χ1v) is 7.81. The third-order valence-corrected chi connectivity index (χ3v) is 4.06. The second-order valence-corrected chi connectivity index (χ2v) is 5.71. The van der Waals surface area contributed by atoms with Crippen molar-refractivity contribution in [2.24, 2.45) is 0 Å². The average Bonchev–Trinajstić information content (AvgIpc) is 2.80. The van der Waals surface area contributed by atoms with Crippen LogP contribution in [0, 0.1) is 0 Å². The van der Waals surface area contributed by atoms with Gasteiger partial charge in [-0.15, -0.1) is 0 Å². The summed E-state index contributed by atoms with van der Waals surface area (Å²) in [4.78, 5) is 26.2. The molecule has 0 aromatic heterocycles. The molecule has 0 saturated carbocycles. The molecule has 1 aliphatic heterocycles. The van der Waals surface area contributed by atoms with Crippen LogP contribution in [0.25, 0.3) is 0 Å². The van der Waals surface area contributed by atoms with E-state index >= 15 is 0 Å². The summed E-state index contributed by atoms with van der Waals surface area (Å²) < 4.78 is 4.97. The Morgan fingerprint density at radius 2 is 1.96 bits per heavy atom. The van der Waals surface area contributed by atoms with Crippen molar-refractivity contribution in [1.29, 1.82) is 0 Å². The lowest BCUT2D eigenvalue weighted by molar-refractivity contribution is -0.142. The van der Waals surface area contributed by atoms with E-state index in [9.17, 15) is 9.59 Å². The van der Waals surface area contributed by atoms with E-state index in [0.29, 0.717) is 10.7 Å². The number of rotatable bonds is 4. The van der Waals surface area contributed by atoms with Crippen molar-refractivity contribution in [2.75, 3.05) is 18.1 Å². The standard InChI is InChI=1S/C18H16ClNO3/c1-2-23-16(21)11-20-15-9-8-13(19)10-14(15)17(18(20)22)12-6-4-3-5-7-12/h3-10,17H,2,11H2,1H3. The van der Waals surface area contributed by atoms with Gasteiger partial charge in [0.05, 0.1) is 12.5 Å². The Bertz CT molecular complexity index is 745. The van der Waals surface area contributed by atoms with Crippen LogP contribution in [-0.4, -0.2) is 25.0 Å². The molecule has 0 radical (unpaired) electrons. The second-order valence-electron chi connectivity index (χ2n) is 5.28. The molecule has 0 spiro atoms. The van der Waals surface area contributed by atoms with Gasteiger partial charge in [-0.25, -0.2) is 0 Å². The fourth-order valence-corrected chi connectivity index (χ4v) is 3.06. The molecule has 4 nitrogen and oxygen atoms in total. The van der Waals surface area contributed by atoms with Gasteiger partial charge in [-0.3, -0.25) is 9.59 Å². The number of hydrogen-bond acceptors (Lipinski definition) is 3. The molecule has 5 heteroatoms. The van der Waals surface area contributed by atoms with Crippen LogP contribution in [0.1, 0.15) is 24.0 Å². The maximum absolute atomic E-state index is 12.9. The lowest BCUT2D eigenvalue weighted by Crippen LogP contribution is -2.35. The van der Waals surface area contributed by atoms with Crippen molar-refractivity contribution >= 4 is 29.2 Å². The van der Waals surface area contributed by atoms with Gasteiger partial charge in [-0.2, -0.15) is 0 Å². The Morgan fingerprint density at radius 1 is 1.22 bits per heavy atom. The molecule has 0 aliphatic carbocycles. The molecule has 0 N–H and O–H groups in total. The van der Waals surface area contributed by atoms with Crippen molar-refractivity contribution < 1.29 is 14.3 Å². The van der Waals surface area contributed by atoms with Crippen LogP contribution in [0.3, 0.4) is 0 Å². The Hall–Kier alpha value is -2.33. The van der Waals surface area contributed by atoms with Gasteiger partial charge in [0.2, 0.25) is 5.91 Å². The quantitative estimate of drug-likeness (QED) is 0.808. The number of benzene rings is 2. The van der Waals surface area contributed by atoms with E-state index < -0.39 is 11.9 Å². The Labute approximate surface area is 139 Å². The number of ether oxygens (including phenoxy) is 1. The van der Waals surface area contributed by atoms with Crippen molar-refractivity contribution in [3.8, 4) is 0 Å². The number of esters is 1. The van der Waals surface area contributed by atoms with Gasteiger partial charge in [0.15, 0.2) is 0 Å². The Morgan fingerprint density at radius 3 is 2.65 bits per heavy atom. The van der Waals surface area contributed by atoms with Gasteiger partial charge >= 0.3 is 5.97 Å². The number of carbonyl (C=O) groups excluding carboxylic acids is 2. The predicted molar refractivity (Wildman–Crippen MR) is 88.7 cm³/mol. The molecule has 118 valence electrons. The monoisotopic (exact) mass is 329 g/mol. The summed E-state index contributed by atoms with van der Waals surface area (Å²) in [7, 11) is 0. The molecule has 2 aromatic rings. The summed E-state index contributed by atoms with van der Waals surface area (Å²) in [6.45, 7) is 1.94. The van der Waals surface area contributed by atoms with Crippen molar-refractivity contribution in [3.05, 3.63) is 64.7 Å². The molecule has 23 heavy (non-hydrogen) atoms. The highest BCUT2D eigenvalue weighted by Crippen LogP contribution is 2.42. The smallest absolute Gasteiger partial charge is 0.326 e. The van der Waals surface area contributed by atoms with Gasteiger partial charge in [0.1, 0.15) is 6.54 Å². The van der Waals surface area contributed by atoms with E-state index in [1.165, 1.54) is 4.90 Å². The SMILES string of the molecule is CCOC(=O)CN1C(=O)C(c2ccccc2)c2cc(Cl)ccc21. The highest BCUT2D eigenvalue weighted by atomic mass is 35.5. The van der Waals surface area contributed by atoms with Crippen LogP contribution in [0.2, 0.25) is 5.02 Å². The highest BCUT2D eigenvalue weighted by molar-refractivity contribution is 6.31. The minimum absolute atomic E-state index is 0.0926. The lowest BCUT2D eigenvalue weighted by Gasteiger charge is -2.17. The minimum Gasteiger partial charge on any atom is -0.465 e. The van der Waals surface area contributed by atoms with Crippen molar-refractivity contribution in [3.63, 3.8) is 0 Å². The maximum Gasteiger partial charge on any atom is 0.326 e. The summed E-state index contributed by atoms with van der Waals surface area (Å²) in [6.07, 6.45) is 0. The van der Waals surface area contributed by atoms with E-state index in [4.69, 9.17) is 16.3 Å². The third kappa shape index (κ3) is 2.94. The van der Waals surface area contributed by atoms with Crippen LogP contribution >= 0.6 is 11.6 Å². The topological polar surface area (TPSA) is 46.6 Å². The van der Waals surface area contributed by atoms with Crippen LogP contribution in [0.4, 0.5) is 5.69 Å². The van der Waals surface area contributed by atoms with E-state index in [-0.39, 0.29) is 19.1 Å². The number of hydrogen-bond donors (Lipinski definition) is 0. The number of anilines is 1. The summed E-state index contributed by atoms with van der Waals surface area (Å²) in [6, 6.07) is 14.8. The van der Waals surface area contributed by atoms with Gasteiger partial charge in [-0.05, 0) is 36.2 Å². The minimum atomic E-state index is -0.445. The Balaban J connectivity index is 2.02. The third-order valence-electron chi connectivity index (χ3n) is 3.83. The highest BCUT2D eigenvalue weighted by Gasteiger charge is 2.39. The summed E-state index contributed by atoms with van der Waals surface area (Å²) in [5, 5.41) is 0.565.